The van der Waals surface area contributed by atoms with Gasteiger partial charge in [0.05, 0.1) is 22.8 Å². The Morgan fingerprint density at radius 1 is 1.41 bits per heavy atom. The quantitative estimate of drug-likeness (QED) is 0.883. The molecule has 3 nitrogen and oxygen atoms in total. The van der Waals surface area contributed by atoms with Crippen LogP contribution in [0, 0.1) is 0 Å². The van der Waals surface area contributed by atoms with Crippen LogP contribution >= 0.6 is 11.6 Å². The predicted molar refractivity (Wildman–Crippen MR) is 59.0 cm³/mol. The van der Waals surface area contributed by atoms with Gasteiger partial charge in [0, 0.05) is 7.05 Å². The normalized spacial score (nSPS) is 11.1. The van der Waals surface area contributed by atoms with E-state index in [0.717, 1.165) is 6.07 Å². The van der Waals surface area contributed by atoms with E-state index in [0.29, 0.717) is 0 Å². The van der Waals surface area contributed by atoms with Crippen LogP contribution in [0.5, 0.6) is 0 Å². The highest BCUT2D eigenvalue weighted by Crippen LogP contribution is 2.38. The molecule has 0 radical (unpaired) electrons. The molecule has 0 atom stereocenters. The van der Waals surface area contributed by atoms with E-state index in [1.807, 2.05) is 0 Å². The number of amides is 1. The van der Waals surface area contributed by atoms with E-state index in [2.05, 4.69) is 10.6 Å². The first-order chi connectivity index (χ1) is 7.86. The monoisotopic (exact) mass is 266 g/mol. The van der Waals surface area contributed by atoms with Crippen molar-refractivity contribution in [2.45, 2.75) is 6.18 Å². The SMILES string of the molecule is CNC(=O)CNc1c(Cl)cccc1C(F)(F)F. The number of rotatable bonds is 3. The number of likely N-dealkylation sites (N-methyl/N-ethyl adjacent to an activating group) is 1. The second kappa shape index (κ2) is 5.27. The lowest BCUT2D eigenvalue weighted by molar-refractivity contribution is -0.137. The molecule has 2 N–H and O–H groups in total. The molecule has 94 valence electrons. The highest BCUT2D eigenvalue weighted by molar-refractivity contribution is 6.33. The van der Waals surface area contributed by atoms with Crippen LogP contribution in [0.2, 0.25) is 5.02 Å². The number of anilines is 1. The number of hydrogen-bond acceptors (Lipinski definition) is 2. The lowest BCUT2D eigenvalue weighted by Gasteiger charge is -2.15. The van der Waals surface area contributed by atoms with E-state index in [9.17, 15) is 18.0 Å². The summed E-state index contributed by atoms with van der Waals surface area (Å²) in [6, 6.07) is 3.43. The van der Waals surface area contributed by atoms with Gasteiger partial charge in [0.2, 0.25) is 5.91 Å². The highest BCUT2D eigenvalue weighted by Gasteiger charge is 2.34. The number of carbonyl (C=O) groups is 1. The van der Waals surface area contributed by atoms with Gasteiger partial charge in [-0.3, -0.25) is 4.79 Å². The molecular formula is C10H10ClF3N2O. The van der Waals surface area contributed by atoms with Crippen molar-refractivity contribution in [2.75, 3.05) is 18.9 Å². The topological polar surface area (TPSA) is 41.1 Å². The highest BCUT2D eigenvalue weighted by atomic mass is 35.5. The fourth-order valence-corrected chi connectivity index (χ4v) is 1.44. The summed E-state index contributed by atoms with van der Waals surface area (Å²) in [4.78, 5) is 11.0. The lowest BCUT2D eigenvalue weighted by Crippen LogP contribution is -2.27. The van der Waals surface area contributed by atoms with Gasteiger partial charge < -0.3 is 10.6 Å². The number of halogens is 4. The predicted octanol–water partition coefficient (Wildman–Crippen LogP) is 2.52. The third kappa shape index (κ3) is 3.52. The van der Waals surface area contributed by atoms with Gasteiger partial charge in [-0.25, -0.2) is 0 Å². The molecule has 0 bridgehead atoms. The van der Waals surface area contributed by atoms with Crippen LogP contribution in [0.1, 0.15) is 5.56 Å². The van der Waals surface area contributed by atoms with Gasteiger partial charge in [-0.05, 0) is 12.1 Å². The minimum Gasteiger partial charge on any atom is -0.374 e. The summed E-state index contributed by atoms with van der Waals surface area (Å²) in [7, 11) is 1.39. The van der Waals surface area contributed by atoms with E-state index in [1.165, 1.54) is 19.2 Å². The molecule has 0 spiro atoms. The second-order valence-corrected chi connectivity index (χ2v) is 3.59. The molecule has 0 aliphatic carbocycles. The Kier molecular flexibility index (Phi) is 4.22. The molecule has 0 saturated heterocycles. The van der Waals surface area contributed by atoms with Crippen molar-refractivity contribution in [2.24, 2.45) is 0 Å². The van der Waals surface area contributed by atoms with Gasteiger partial charge in [0.25, 0.3) is 0 Å². The van der Waals surface area contributed by atoms with Crippen molar-refractivity contribution in [1.82, 2.24) is 5.32 Å². The Labute approximate surface area is 101 Å². The first kappa shape index (κ1) is 13.6. The van der Waals surface area contributed by atoms with E-state index < -0.39 is 17.6 Å². The van der Waals surface area contributed by atoms with Crippen molar-refractivity contribution in [3.63, 3.8) is 0 Å². The Morgan fingerprint density at radius 3 is 2.59 bits per heavy atom. The molecule has 0 fully saturated rings. The third-order valence-corrected chi connectivity index (χ3v) is 2.34. The molecule has 0 aliphatic heterocycles. The van der Waals surface area contributed by atoms with Crippen LogP contribution in [0.3, 0.4) is 0 Å². The van der Waals surface area contributed by atoms with Gasteiger partial charge in [-0.1, -0.05) is 17.7 Å². The smallest absolute Gasteiger partial charge is 0.374 e. The van der Waals surface area contributed by atoms with Gasteiger partial charge >= 0.3 is 6.18 Å². The molecule has 1 amide bonds. The van der Waals surface area contributed by atoms with Crippen LogP contribution in [0.4, 0.5) is 18.9 Å². The minimum atomic E-state index is -4.52. The lowest BCUT2D eigenvalue weighted by atomic mass is 10.1. The third-order valence-electron chi connectivity index (χ3n) is 2.02. The number of carbonyl (C=O) groups excluding carboxylic acids is 1. The summed E-state index contributed by atoms with van der Waals surface area (Å²) in [5.74, 6) is -0.432. The zero-order chi connectivity index (χ0) is 13.1. The Morgan fingerprint density at radius 2 is 2.06 bits per heavy atom. The van der Waals surface area contributed by atoms with E-state index in [4.69, 9.17) is 11.6 Å². The summed E-state index contributed by atoms with van der Waals surface area (Å²) in [6.45, 7) is -0.274. The summed E-state index contributed by atoms with van der Waals surface area (Å²) < 4.78 is 37.9. The zero-order valence-electron chi connectivity index (χ0n) is 8.86. The van der Waals surface area contributed by atoms with Gasteiger partial charge in [-0.2, -0.15) is 13.2 Å². The molecule has 17 heavy (non-hydrogen) atoms. The van der Waals surface area contributed by atoms with Crippen LogP contribution in [0.25, 0.3) is 0 Å². The van der Waals surface area contributed by atoms with Gasteiger partial charge in [0.1, 0.15) is 0 Å². The number of para-hydroxylation sites is 1. The fourth-order valence-electron chi connectivity index (χ4n) is 1.20. The molecule has 7 heteroatoms. The summed E-state index contributed by atoms with van der Waals surface area (Å²) in [5, 5.41) is 4.58. The molecule has 0 unspecified atom stereocenters. The Hall–Kier alpha value is -1.43. The molecule has 0 aliphatic rings. The first-order valence-electron chi connectivity index (χ1n) is 4.66. The zero-order valence-corrected chi connectivity index (χ0v) is 9.62. The molecule has 1 rings (SSSR count). The van der Waals surface area contributed by atoms with Gasteiger partial charge in [0.15, 0.2) is 0 Å². The average molecular weight is 267 g/mol. The van der Waals surface area contributed by atoms with Crippen molar-refractivity contribution >= 4 is 23.2 Å². The van der Waals surface area contributed by atoms with Crippen LogP contribution < -0.4 is 10.6 Å². The molecule has 1 aromatic rings. The largest absolute Gasteiger partial charge is 0.418 e. The van der Waals surface area contributed by atoms with E-state index in [1.54, 1.807) is 0 Å². The molecule has 0 saturated carbocycles. The van der Waals surface area contributed by atoms with Crippen molar-refractivity contribution < 1.29 is 18.0 Å². The number of benzene rings is 1. The maximum atomic E-state index is 12.6. The summed E-state index contributed by atoms with van der Waals surface area (Å²) >= 11 is 5.67. The van der Waals surface area contributed by atoms with Gasteiger partial charge in [-0.15, -0.1) is 0 Å². The van der Waals surface area contributed by atoms with Crippen LogP contribution in [-0.4, -0.2) is 19.5 Å². The van der Waals surface area contributed by atoms with Crippen LogP contribution in [0.15, 0.2) is 18.2 Å². The van der Waals surface area contributed by atoms with Crippen molar-refractivity contribution in [3.05, 3.63) is 28.8 Å². The maximum Gasteiger partial charge on any atom is 0.418 e. The number of hydrogen-bond donors (Lipinski definition) is 2. The number of alkyl halides is 3. The second-order valence-electron chi connectivity index (χ2n) is 3.19. The standard InChI is InChI=1S/C10H10ClF3N2O/c1-15-8(17)5-16-9-6(10(12,13)14)3-2-4-7(9)11/h2-4,16H,5H2,1H3,(H,15,17). The summed E-state index contributed by atoms with van der Waals surface area (Å²) in [6.07, 6.45) is -4.52. The molecule has 1 aromatic carbocycles. The van der Waals surface area contributed by atoms with E-state index >= 15 is 0 Å². The Balaban J connectivity index is 3.00. The van der Waals surface area contributed by atoms with Crippen molar-refractivity contribution in [3.8, 4) is 0 Å². The minimum absolute atomic E-state index is 0.0799. The maximum absolute atomic E-state index is 12.6. The fraction of sp³-hybridized carbons (Fsp3) is 0.300. The van der Waals surface area contributed by atoms with Crippen LogP contribution in [-0.2, 0) is 11.0 Å². The molecular weight excluding hydrogens is 257 g/mol. The Bertz CT molecular complexity index is 421. The van der Waals surface area contributed by atoms with E-state index in [-0.39, 0.29) is 17.3 Å². The average Bonchev–Trinajstić information content (AvgIpc) is 2.25. The van der Waals surface area contributed by atoms with Crippen molar-refractivity contribution in [1.29, 1.82) is 0 Å². The molecule has 0 heterocycles. The first-order valence-corrected chi connectivity index (χ1v) is 5.04. The summed E-state index contributed by atoms with van der Waals surface area (Å²) in [5.41, 5.74) is -1.18. The number of nitrogens with one attached hydrogen (secondary N) is 2. The molecule has 0 aromatic heterocycles.